The van der Waals surface area contributed by atoms with Gasteiger partial charge in [0, 0.05) is 38.3 Å². The Labute approximate surface area is 185 Å². The van der Waals surface area contributed by atoms with Crippen LogP contribution in [0, 0.1) is 0 Å². The van der Waals surface area contributed by atoms with Crippen molar-refractivity contribution in [2.45, 2.75) is 24.5 Å². The number of fused-ring (bicyclic) bond motifs is 1. The third-order valence-corrected chi connectivity index (χ3v) is 6.37. The number of aromatic nitrogens is 1. The summed E-state index contributed by atoms with van der Waals surface area (Å²) >= 11 is 6.11. The lowest BCUT2D eigenvalue weighted by molar-refractivity contribution is -0.139. The zero-order chi connectivity index (χ0) is 21.4. The molecular formula is C22H23ClN4O4. The summed E-state index contributed by atoms with van der Waals surface area (Å²) in [4.78, 5) is 32.1. The molecule has 2 aromatic rings. The molecule has 4 heterocycles. The van der Waals surface area contributed by atoms with Crippen molar-refractivity contribution in [3.05, 3.63) is 53.3 Å². The fourth-order valence-electron chi connectivity index (χ4n) is 4.29. The Balaban J connectivity index is 1.14. The summed E-state index contributed by atoms with van der Waals surface area (Å²) in [6.45, 7) is 2.63. The van der Waals surface area contributed by atoms with E-state index in [1.807, 2.05) is 34.1 Å². The van der Waals surface area contributed by atoms with Crippen LogP contribution in [0.15, 0.2) is 42.7 Å². The van der Waals surface area contributed by atoms with Gasteiger partial charge in [-0.25, -0.2) is 4.79 Å². The van der Waals surface area contributed by atoms with E-state index in [2.05, 4.69) is 10.3 Å². The van der Waals surface area contributed by atoms with Gasteiger partial charge in [0.2, 0.25) is 5.91 Å². The number of rotatable bonds is 3. The van der Waals surface area contributed by atoms with Crippen LogP contribution in [0.2, 0.25) is 5.02 Å². The molecule has 1 N–H and O–H groups in total. The second-order valence-electron chi connectivity index (χ2n) is 8.12. The maximum atomic E-state index is 12.9. The molecule has 5 rings (SSSR count). The van der Waals surface area contributed by atoms with Crippen LogP contribution in [0.1, 0.15) is 17.9 Å². The Morgan fingerprint density at radius 2 is 1.97 bits per heavy atom. The molecule has 9 heteroatoms. The number of morpholine rings is 1. The molecule has 3 aliphatic heterocycles. The van der Waals surface area contributed by atoms with Gasteiger partial charge < -0.3 is 24.6 Å². The van der Waals surface area contributed by atoms with Gasteiger partial charge in [0.15, 0.2) is 5.75 Å². The van der Waals surface area contributed by atoms with Crippen molar-refractivity contribution < 1.29 is 19.1 Å². The predicted octanol–water partition coefficient (Wildman–Crippen LogP) is 2.64. The van der Waals surface area contributed by atoms with Gasteiger partial charge in [-0.2, -0.15) is 0 Å². The number of pyridine rings is 1. The van der Waals surface area contributed by atoms with Gasteiger partial charge >= 0.3 is 6.03 Å². The highest BCUT2D eigenvalue weighted by atomic mass is 35.5. The monoisotopic (exact) mass is 442 g/mol. The molecule has 0 bridgehead atoms. The Bertz CT molecular complexity index is 980. The van der Waals surface area contributed by atoms with Crippen LogP contribution < -0.4 is 10.1 Å². The van der Waals surface area contributed by atoms with E-state index in [1.54, 1.807) is 18.5 Å². The zero-order valence-corrected chi connectivity index (χ0v) is 17.6. The maximum absolute atomic E-state index is 12.9. The summed E-state index contributed by atoms with van der Waals surface area (Å²) in [5, 5.41) is 3.45. The number of halogens is 1. The second kappa shape index (κ2) is 8.36. The van der Waals surface area contributed by atoms with Gasteiger partial charge in [0.1, 0.15) is 12.4 Å². The van der Waals surface area contributed by atoms with Gasteiger partial charge in [-0.05, 0) is 30.2 Å². The fraction of sp³-hybridized carbons (Fsp3) is 0.409. The van der Waals surface area contributed by atoms with Gasteiger partial charge in [-0.3, -0.25) is 9.78 Å². The van der Waals surface area contributed by atoms with Crippen molar-refractivity contribution in [1.82, 2.24) is 20.1 Å². The molecular weight excluding hydrogens is 420 g/mol. The van der Waals surface area contributed by atoms with E-state index in [9.17, 15) is 9.59 Å². The first-order valence-corrected chi connectivity index (χ1v) is 10.8. The van der Waals surface area contributed by atoms with Crippen LogP contribution in [-0.2, 0) is 9.53 Å². The van der Waals surface area contributed by atoms with Crippen molar-refractivity contribution in [2.24, 2.45) is 0 Å². The number of ether oxygens (including phenoxy) is 2. The summed E-state index contributed by atoms with van der Waals surface area (Å²) in [5.74, 6) is 1.39. The van der Waals surface area contributed by atoms with Crippen molar-refractivity contribution in [3.63, 3.8) is 0 Å². The molecule has 2 atom stereocenters. The lowest BCUT2D eigenvalue weighted by Crippen LogP contribution is -2.63. The van der Waals surface area contributed by atoms with Crippen LogP contribution in [0.5, 0.6) is 11.5 Å². The Morgan fingerprint density at radius 1 is 1.16 bits per heavy atom. The summed E-state index contributed by atoms with van der Waals surface area (Å²) in [7, 11) is 0. The van der Waals surface area contributed by atoms with E-state index in [0.717, 1.165) is 6.42 Å². The van der Waals surface area contributed by atoms with Crippen molar-refractivity contribution in [1.29, 1.82) is 0 Å². The van der Waals surface area contributed by atoms with E-state index < -0.39 is 0 Å². The Morgan fingerprint density at radius 3 is 2.74 bits per heavy atom. The molecule has 3 saturated heterocycles. The number of nitrogens with one attached hydrogen (secondary N) is 1. The molecule has 8 nitrogen and oxygen atoms in total. The average molecular weight is 443 g/mol. The SMILES string of the molecule is O=C1CO[C@H]2CCN(C(=O)N3CC(c4ccc(Oc5cnccc5Cl)cc4)C3)CC2N1. The molecule has 1 unspecified atom stereocenters. The van der Waals surface area contributed by atoms with Crippen LogP contribution in [0.3, 0.4) is 0 Å². The van der Waals surface area contributed by atoms with E-state index in [0.29, 0.717) is 48.6 Å². The third kappa shape index (κ3) is 4.18. The second-order valence-corrected chi connectivity index (χ2v) is 8.53. The fourth-order valence-corrected chi connectivity index (χ4v) is 4.44. The number of hydrogen-bond acceptors (Lipinski definition) is 5. The molecule has 3 fully saturated rings. The number of piperidine rings is 1. The summed E-state index contributed by atoms with van der Waals surface area (Å²) in [6, 6.07) is 9.44. The van der Waals surface area contributed by atoms with E-state index in [-0.39, 0.29) is 30.7 Å². The highest BCUT2D eigenvalue weighted by Crippen LogP contribution is 2.32. The van der Waals surface area contributed by atoms with Gasteiger partial charge in [-0.1, -0.05) is 23.7 Å². The Kier molecular flexibility index (Phi) is 5.41. The molecule has 31 heavy (non-hydrogen) atoms. The topological polar surface area (TPSA) is 84.0 Å². The van der Waals surface area contributed by atoms with Crippen molar-refractivity contribution >= 4 is 23.5 Å². The maximum Gasteiger partial charge on any atom is 0.320 e. The van der Waals surface area contributed by atoms with Gasteiger partial charge in [0.25, 0.3) is 0 Å². The molecule has 0 spiro atoms. The minimum atomic E-state index is -0.114. The van der Waals surface area contributed by atoms with Crippen LogP contribution in [-0.4, -0.2) is 71.7 Å². The lowest BCUT2D eigenvalue weighted by atomic mass is 9.91. The number of nitrogens with zero attached hydrogens (tertiary/aromatic N) is 3. The molecule has 3 aliphatic rings. The van der Waals surface area contributed by atoms with Gasteiger partial charge in [0.05, 0.1) is 23.4 Å². The highest BCUT2D eigenvalue weighted by Gasteiger charge is 2.40. The number of amides is 3. The highest BCUT2D eigenvalue weighted by molar-refractivity contribution is 6.32. The summed E-state index contributed by atoms with van der Waals surface area (Å²) in [5.41, 5.74) is 1.17. The lowest BCUT2D eigenvalue weighted by Gasteiger charge is -2.46. The van der Waals surface area contributed by atoms with E-state index >= 15 is 0 Å². The molecule has 0 radical (unpaired) electrons. The predicted molar refractivity (Wildman–Crippen MR) is 113 cm³/mol. The number of benzene rings is 1. The van der Waals surface area contributed by atoms with Gasteiger partial charge in [-0.15, -0.1) is 0 Å². The number of urea groups is 1. The zero-order valence-electron chi connectivity index (χ0n) is 16.9. The van der Waals surface area contributed by atoms with Crippen molar-refractivity contribution in [2.75, 3.05) is 32.8 Å². The number of carbonyl (C=O) groups excluding carboxylic acids is 2. The number of hydrogen-bond donors (Lipinski definition) is 1. The molecule has 3 amide bonds. The van der Waals surface area contributed by atoms with Crippen LogP contribution in [0.4, 0.5) is 4.79 Å². The molecule has 162 valence electrons. The number of carbonyl (C=O) groups is 2. The molecule has 1 aromatic heterocycles. The van der Waals surface area contributed by atoms with Crippen molar-refractivity contribution in [3.8, 4) is 11.5 Å². The summed E-state index contributed by atoms with van der Waals surface area (Å²) < 4.78 is 11.3. The minimum absolute atomic E-state index is 0.00757. The average Bonchev–Trinajstić information content (AvgIpc) is 2.75. The molecule has 0 saturated carbocycles. The number of likely N-dealkylation sites (tertiary alicyclic amines) is 2. The van der Waals surface area contributed by atoms with Crippen LogP contribution >= 0.6 is 11.6 Å². The standard InChI is InChI=1S/C22H23ClN4O4/c23-17-5-7-24-9-20(17)31-16-3-1-14(2-4-16)15-10-27(11-15)22(29)26-8-6-19-18(12-26)25-21(28)13-30-19/h1-5,7,9,15,18-19H,6,8,10-13H2,(H,25,28)/t18?,19-/m0/s1. The van der Waals surface area contributed by atoms with E-state index in [4.69, 9.17) is 21.1 Å². The molecule has 0 aliphatic carbocycles. The molecule has 1 aromatic carbocycles. The first-order valence-electron chi connectivity index (χ1n) is 10.4. The van der Waals surface area contributed by atoms with Crippen LogP contribution in [0.25, 0.3) is 0 Å². The quantitative estimate of drug-likeness (QED) is 0.790. The summed E-state index contributed by atoms with van der Waals surface area (Å²) in [6.07, 6.45) is 3.95. The third-order valence-electron chi connectivity index (χ3n) is 6.06. The minimum Gasteiger partial charge on any atom is -0.454 e. The normalized spacial score (nSPS) is 23.6. The smallest absolute Gasteiger partial charge is 0.320 e. The Hall–Kier alpha value is -2.84. The first kappa shape index (κ1) is 20.1. The van der Waals surface area contributed by atoms with E-state index in [1.165, 1.54) is 5.56 Å². The first-order chi connectivity index (χ1) is 15.1. The largest absolute Gasteiger partial charge is 0.454 e.